The number of carbonyl (C=O) groups excluding carboxylic acids is 3. The quantitative estimate of drug-likeness (QED) is 0.486. The van der Waals surface area contributed by atoms with E-state index in [0.717, 1.165) is 11.1 Å². The number of rotatable bonds is 4. The average Bonchev–Trinajstić information content (AvgIpc) is 3.35. The number of nitrogens with one attached hydrogen (secondary N) is 3. The van der Waals surface area contributed by atoms with Crippen molar-refractivity contribution in [3.63, 3.8) is 0 Å². The third-order valence-corrected chi connectivity index (χ3v) is 6.30. The monoisotopic (exact) mass is 518 g/mol. The fraction of sp³-hybridized carbons (Fsp3) is 0.393. The standard InChI is InChI=1S/C28H34N6O4/c1-18(2)13-23-27(36)29-16-22-17-34(33-32-22)11-12-38-25-15-21(10-9-19(25)3)26(35)30-24(28(37)31-23)14-20-7-5-4-6-8-20/h4-10,15,17-18,23-24H,11-14,16H2,1-3H3,(H,29,36)(H,30,35)(H,31,37)/t23-,24-/m1/s1. The Morgan fingerprint density at radius 1 is 1.03 bits per heavy atom. The molecule has 0 radical (unpaired) electrons. The largest absolute Gasteiger partial charge is 0.491 e. The van der Waals surface area contributed by atoms with Gasteiger partial charge in [-0.05, 0) is 42.5 Å². The lowest BCUT2D eigenvalue weighted by Crippen LogP contribution is -2.54. The Bertz CT molecular complexity index is 1270. The predicted octanol–water partition coefficient (Wildman–Crippen LogP) is 2.17. The number of fused-ring (bicyclic) bond motifs is 4. The Balaban J connectivity index is 1.65. The van der Waals surface area contributed by atoms with E-state index < -0.39 is 23.9 Å². The van der Waals surface area contributed by atoms with Gasteiger partial charge < -0.3 is 20.7 Å². The summed E-state index contributed by atoms with van der Waals surface area (Å²) in [7, 11) is 0. The number of aromatic nitrogens is 3. The van der Waals surface area contributed by atoms with Gasteiger partial charge in [0, 0.05) is 12.0 Å². The topological polar surface area (TPSA) is 127 Å². The molecule has 0 saturated carbocycles. The summed E-state index contributed by atoms with van der Waals surface area (Å²) in [6.45, 7) is 6.81. The van der Waals surface area contributed by atoms with Crippen LogP contribution in [0.2, 0.25) is 0 Å². The van der Waals surface area contributed by atoms with Gasteiger partial charge in [0.25, 0.3) is 5.91 Å². The average molecular weight is 519 g/mol. The molecule has 0 aliphatic carbocycles. The van der Waals surface area contributed by atoms with Crippen LogP contribution < -0.4 is 20.7 Å². The summed E-state index contributed by atoms with van der Waals surface area (Å²) in [5, 5.41) is 16.8. The maximum absolute atomic E-state index is 13.5. The zero-order valence-electron chi connectivity index (χ0n) is 21.9. The number of hydrogen-bond acceptors (Lipinski definition) is 6. The van der Waals surface area contributed by atoms with E-state index in [0.29, 0.717) is 36.6 Å². The van der Waals surface area contributed by atoms with Crippen molar-refractivity contribution in [2.75, 3.05) is 6.61 Å². The molecule has 1 aromatic heterocycles. The van der Waals surface area contributed by atoms with Crippen LogP contribution in [-0.4, -0.2) is 51.4 Å². The van der Waals surface area contributed by atoms with Crippen LogP contribution >= 0.6 is 0 Å². The number of benzene rings is 2. The Kier molecular flexibility index (Phi) is 8.73. The van der Waals surface area contributed by atoms with Gasteiger partial charge in [-0.2, -0.15) is 0 Å². The minimum Gasteiger partial charge on any atom is -0.491 e. The molecule has 0 spiro atoms. The Morgan fingerprint density at radius 2 is 1.82 bits per heavy atom. The molecule has 0 fully saturated rings. The second kappa shape index (κ2) is 12.4. The van der Waals surface area contributed by atoms with Crippen LogP contribution in [0.25, 0.3) is 0 Å². The van der Waals surface area contributed by atoms with Crippen molar-refractivity contribution in [3.05, 3.63) is 77.1 Å². The van der Waals surface area contributed by atoms with E-state index in [1.54, 1.807) is 23.0 Å². The highest BCUT2D eigenvalue weighted by Gasteiger charge is 2.28. The number of nitrogens with zero attached hydrogens (tertiary/aromatic N) is 3. The van der Waals surface area contributed by atoms with Gasteiger partial charge in [0.15, 0.2) is 0 Å². The van der Waals surface area contributed by atoms with Crippen molar-refractivity contribution in [2.24, 2.45) is 5.92 Å². The first-order valence-electron chi connectivity index (χ1n) is 12.8. The zero-order valence-corrected chi connectivity index (χ0v) is 21.9. The number of aryl methyl sites for hydroxylation is 1. The summed E-state index contributed by atoms with van der Waals surface area (Å²) in [6, 6.07) is 13.0. The molecule has 0 saturated heterocycles. The fourth-order valence-electron chi connectivity index (χ4n) is 4.25. The van der Waals surface area contributed by atoms with Gasteiger partial charge in [-0.3, -0.25) is 14.4 Å². The summed E-state index contributed by atoms with van der Waals surface area (Å²) in [5.74, 6) is -0.430. The molecular weight excluding hydrogens is 484 g/mol. The second-order valence-corrected chi connectivity index (χ2v) is 9.93. The SMILES string of the molecule is Cc1ccc2cc1OCCn1cc(nn1)CNC(=O)[C@@H](CC(C)C)NC(=O)[C@@H](Cc1ccccc1)NC2=O. The summed E-state index contributed by atoms with van der Waals surface area (Å²) < 4.78 is 7.57. The van der Waals surface area contributed by atoms with Gasteiger partial charge >= 0.3 is 0 Å². The van der Waals surface area contributed by atoms with Crippen molar-refractivity contribution in [3.8, 4) is 5.75 Å². The predicted molar refractivity (Wildman–Crippen MR) is 141 cm³/mol. The number of hydrogen-bond donors (Lipinski definition) is 3. The first-order chi connectivity index (χ1) is 18.3. The fourth-order valence-corrected chi connectivity index (χ4v) is 4.25. The summed E-state index contributed by atoms with van der Waals surface area (Å²) in [6.07, 6.45) is 2.46. The van der Waals surface area contributed by atoms with E-state index in [-0.39, 0.29) is 24.8 Å². The number of amides is 3. The van der Waals surface area contributed by atoms with Crippen molar-refractivity contribution < 1.29 is 19.1 Å². The van der Waals surface area contributed by atoms with E-state index in [2.05, 4.69) is 26.3 Å². The van der Waals surface area contributed by atoms with Crippen LogP contribution in [-0.2, 0) is 29.1 Å². The van der Waals surface area contributed by atoms with Gasteiger partial charge in [0.05, 0.1) is 19.3 Å². The third-order valence-electron chi connectivity index (χ3n) is 6.30. The smallest absolute Gasteiger partial charge is 0.252 e. The maximum atomic E-state index is 13.5. The lowest BCUT2D eigenvalue weighted by molar-refractivity contribution is -0.130. The molecule has 1 aliphatic rings. The molecule has 0 unspecified atom stereocenters. The van der Waals surface area contributed by atoms with Crippen LogP contribution in [0.1, 0.15) is 47.4 Å². The number of carbonyl (C=O) groups is 3. The zero-order chi connectivity index (χ0) is 27.1. The molecule has 3 N–H and O–H groups in total. The molecule has 1 aliphatic heterocycles. The van der Waals surface area contributed by atoms with E-state index in [9.17, 15) is 14.4 Å². The lowest BCUT2D eigenvalue weighted by atomic mass is 10.0. The van der Waals surface area contributed by atoms with Crippen molar-refractivity contribution in [1.29, 1.82) is 0 Å². The van der Waals surface area contributed by atoms with E-state index >= 15 is 0 Å². The molecule has 38 heavy (non-hydrogen) atoms. The third kappa shape index (κ3) is 7.18. The van der Waals surface area contributed by atoms with E-state index in [1.807, 2.05) is 57.2 Å². The van der Waals surface area contributed by atoms with E-state index in [1.165, 1.54) is 0 Å². The highest BCUT2D eigenvalue weighted by atomic mass is 16.5. The number of ether oxygens (including phenoxy) is 1. The molecule has 3 amide bonds. The van der Waals surface area contributed by atoms with Crippen LogP contribution in [0.3, 0.4) is 0 Å². The normalized spacial score (nSPS) is 19.0. The van der Waals surface area contributed by atoms with Gasteiger partial charge in [-0.15, -0.1) is 5.10 Å². The van der Waals surface area contributed by atoms with Crippen molar-refractivity contribution >= 4 is 17.7 Å². The first-order valence-corrected chi connectivity index (χ1v) is 12.8. The lowest BCUT2D eigenvalue weighted by Gasteiger charge is -2.24. The van der Waals surface area contributed by atoms with Crippen molar-refractivity contribution in [1.82, 2.24) is 30.9 Å². The summed E-state index contributed by atoms with van der Waals surface area (Å²) >= 11 is 0. The van der Waals surface area contributed by atoms with Crippen LogP contribution in [0, 0.1) is 12.8 Å². The molecule has 10 nitrogen and oxygen atoms in total. The molecule has 2 atom stereocenters. The van der Waals surface area contributed by atoms with Crippen LogP contribution in [0.15, 0.2) is 54.7 Å². The first kappa shape index (κ1) is 26.8. The maximum Gasteiger partial charge on any atom is 0.252 e. The summed E-state index contributed by atoms with van der Waals surface area (Å²) in [5.41, 5.74) is 2.74. The minimum atomic E-state index is -0.892. The van der Waals surface area contributed by atoms with Gasteiger partial charge in [0.2, 0.25) is 11.8 Å². The summed E-state index contributed by atoms with van der Waals surface area (Å²) in [4.78, 5) is 39.9. The Morgan fingerprint density at radius 3 is 2.58 bits per heavy atom. The molecule has 3 aromatic rings. The van der Waals surface area contributed by atoms with Gasteiger partial charge in [-0.25, -0.2) is 4.68 Å². The van der Waals surface area contributed by atoms with Gasteiger partial charge in [0.1, 0.15) is 30.1 Å². The van der Waals surface area contributed by atoms with Gasteiger partial charge in [-0.1, -0.05) is 55.5 Å². The Hall–Kier alpha value is -4.21. The molecular formula is C28H34N6O4. The highest BCUT2D eigenvalue weighted by molar-refractivity contribution is 5.98. The van der Waals surface area contributed by atoms with E-state index in [4.69, 9.17) is 4.74 Å². The molecule has 2 aromatic carbocycles. The Labute approximate surface area is 222 Å². The van der Waals surface area contributed by atoms with Crippen LogP contribution in [0.4, 0.5) is 0 Å². The van der Waals surface area contributed by atoms with Crippen molar-refractivity contribution in [2.45, 2.75) is 58.8 Å². The molecule has 4 rings (SSSR count). The molecule has 10 heteroatoms. The molecule has 200 valence electrons. The van der Waals surface area contributed by atoms with Crippen LogP contribution in [0.5, 0.6) is 5.75 Å². The second-order valence-electron chi connectivity index (χ2n) is 9.93. The molecule has 2 heterocycles. The minimum absolute atomic E-state index is 0.151. The highest BCUT2D eigenvalue weighted by Crippen LogP contribution is 2.20. The molecule has 4 bridgehead atoms.